The van der Waals surface area contributed by atoms with Crippen molar-refractivity contribution in [1.82, 2.24) is 5.32 Å². The molecule has 0 aliphatic carbocycles. The Labute approximate surface area is 185 Å². The predicted octanol–water partition coefficient (Wildman–Crippen LogP) is 5.84. The van der Waals surface area contributed by atoms with Crippen molar-refractivity contribution in [3.8, 4) is 5.75 Å². The number of halogens is 1. The predicted molar refractivity (Wildman–Crippen MR) is 125 cm³/mol. The van der Waals surface area contributed by atoms with Crippen LogP contribution in [-0.2, 0) is 4.79 Å². The van der Waals surface area contributed by atoms with Gasteiger partial charge in [-0.05, 0) is 87.4 Å². The summed E-state index contributed by atoms with van der Waals surface area (Å²) in [5, 5.41) is 3.79. The smallest absolute Gasteiger partial charge is 0.261 e. The molecule has 1 fully saturated rings. The molecule has 2 atom stereocenters. The number of benzene rings is 2. The van der Waals surface area contributed by atoms with E-state index in [-0.39, 0.29) is 11.9 Å². The third kappa shape index (κ3) is 5.48. The molecule has 3 rings (SSSR count). The number of nitrogens with zero attached hydrogens (tertiary/aromatic N) is 1. The van der Waals surface area contributed by atoms with Crippen molar-refractivity contribution >= 4 is 23.2 Å². The van der Waals surface area contributed by atoms with Gasteiger partial charge in [0.1, 0.15) is 5.75 Å². The van der Waals surface area contributed by atoms with E-state index >= 15 is 0 Å². The van der Waals surface area contributed by atoms with Crippen molar-refractivity contribution in [2.45, 2.75) is 59.6 Å². The fourth-order valence-electron chi connectivity index (χ4n) is 3.89. The minimum Gasteiger partial charge on any atom is -0.481 e. The lowest BCUT2D eigenvalue weighted by molar-refractivity contribution is -0.127. The topological polar surface area (TPSA) is 41.6 Å². The van der Waals surface area contributed by atoms with Gasteiger partial charge in [0, 0.05) is 23.8 Å². The van der Waals surface area contributed by atoms with Gasteiger partial charge in [0.05, 0.1) is 6.04 Å². The van der Waals surface area contributed by atoms with Gasteiger partial charge in [-0.1, -0.05) is 30.7 Å². The summed E-state index contributed by atoms with van der Waals surface area (Å²) in [6.45, 7) is 12.2. The van der Waals surface area contributed by atoms with Crippen molar-refractivity contribution in [2.24, 2.45) is 5.92 Å². The maximum Gasteiger partial charge on any atom is 0.261 e. The van der Waals surface area contributed by atoms with Gasteiger partial charge < -0.3 is 15.0 Å². The van der Waals surface area contributed by atoms with Crippen LogP contribution in [0.3, 0.4) is 0 Å². The zero-order chi connectivity index (χ0) is 21.8. The van der Waals surface area contributed by atoms with E-state index in [1.165, 1.54) is 18.5 Å². The van der Waals surface area contributed by atoms with Crippen LogP contribution in [0.4, 0.5) is 5.69 Å². The van der Waals surface area contributed by atoms with Gasteiger partial charge in [-0.25, -0.2) is 0 Å². The molecule has 2 aromatic carbocycles. The minimum atomic E-state index is -0.595. The lowest BCUT2D eigenvalue weighted by Crippen LogP contribution is -2.37. The molecule has 1 N–H and O–H groups in total. The van der Waals surface area contributed by atoms with Crippen molar-refractivity contribution in [1.29, 1.82) is 0 Å². The molecule has 1 aliphatic heterocycles. The highest BCUT2D eigenvalue weighted by atomic mass is 35.5. The summed E-state index contributed by atoms with van der Waals surface area (Å²) < 4.78 is 5.86. The summed E-state index contributed by atoms with van der Waals surface area (Å²) in [5.41, 5.74) is 4.23. The molecule has 0 saturated carbocycles. The second-order valence-corrected chi connectivity index (χ2v) is 9.00. The highest BCUT2D eigenvalue weighted by Gasteiger charge is 2.19. The van der Waals surface area contributed by atoms with Crippen LogP contribution in [0.1, 0.15) is 56.3 Å². The standard InChI is InChI=1S/C25H33ClN2O2/c1-16-10-12-28(13-11-16)22-8-6-21(7-9-22)19(4)27-25(29)20(5)30-23-14-17(2)24(26)18(3)15-23/h6-9,14-16,19-20H,10-13H2,1-5H3,(H,27,29)/t19-,20-/m1/s1. The summed E-state index contributed by atoms with van der Waals surface area (Å²) in [5.74, 6) is 1.34. The molecule has 4 nitrogen and oxygen atoms in total. The van der Waals surface area contributed by atoms with Crippen molar-refractivity contribution in [2.75, 3.05) is 18.0 Å². The number of carbonyl (C=O) groups is 1. The average molecular weight is 429 g/mol. The molecule has 0 radical (unpaired) electrons. The molecule has 1 amide bonds. The normalized spacial score (nSPS) is 16.8. The fraction of sp³-hybridized carbons (Fsp3) is 0.480. The molecule has 0 spiro atoms. The minimum absolute atomic E-state index is 0.0901. The molecule has 30 heavy (non-hydrogen) atoms. The van der Waals surface area contributed by atoms with Gasteiger partial charge >= 0.3 is 0 Å². The quantitative estimate of drug-likeness (QED) is 0.628. The van der Waals surface area contributed by atoms with Gasteiger partial charge in [-0.15, -0.1) is 0 Å². The SMILES string of the molecule is Cc1cc(O[C@H](C)C(=O)N[C@H](C)c2ccc(N3CCC(C)CC3)cc2)cc(C)c1Cl. The van der Waals surface area contributed by atoms with Crippen LogP contribution in [-0.4, -0.2) is 25.1 Å². The Hall–Kier alpha value is -2.20. The Morgan fingerprint density at radius 1 is 1.10 bits per heavy atom. The number of hydrogen-bond donors (Lipinski definition) is 1. The van der Waals surface area contributed by atoms with Gasteiger partial charge in [-0.2, -0.15) is 0 Å². The highest BCUT2D eigenvalue weighted by molar-refractivity contribution is 6.32. The molecular weight excluding hydrogens is 396 g/mol. The zero-order valence-corrected chi connectivity index (χ0v) is 19.4. The van der Waals surface area contributed by atoms with Gasteiger partial charge in [0.2, 0.25) is 0 Å². The number of amides is 1. The highest BCUT2D eigenvalue weighted by Crippen LogP contribution is 2.27. The average Bonchev–Trinajstić information content (AvgIpc) is 2.72. The lowest BCUT2D eigenvalue weighted by Gasteiger charge is -2.32. The largest absolute Gasteiger partial charge is 0.481 e. The first kappa shape index (κ1) is 22.5. The van der Waals surface area contributed by atoms with Gasteiger partial charge in [0.15, 0.2) is 6.10 Å². The molecule has 162 valence electrons. The van der Waals surface area contributed by atoms with E-state index in [2.05, 4.69) is 41.4 Å². The van der Waals surface area contributed by atoms with Crippen LogP contribution in [0, 0.1) is 19.8 Å². The van der Waals surface area contributed by atoms with Crippen LogP contribution in [0.5, 0.6) is 5.75 Å². The van der Waals surface area contributed by atoms with E-state index in [0.717, 1.165) is 40.7 Å². The van der Waals surface area contributed by atoms with Crippen molar-refractivity contribution in [3.05, 3.63) is 58.1 Å². The van der Waals surface area contributed by atoms with Crippen LogP contribution in [0.2, 0.25) is 5.02 Å². The number of hydrogen-bond acceptors (Lipinski definition) is 3. The number of piperidine rings is 1. The first-order chi connectivity index (χ1) is 14.2. The van der Waals surface area contributed by atoms with Crippen LogP contribution in [0.15, 0.2) is 36.4 Å². The number of anilines is 1. The summed E-state index contributed by atoms with van der Waals surface area (Å²) in [7, 11) is 0. The first-order valence-electron chi connectivity index (χ1n) is 10.8. The number of aryl methyl sites for hydroxylation is 2. The Kier molecular flexibility index (Phi) is 7.30. The fourth-order valence-corrected chi connectivity index (χ4v) is 4.00. The molecule has 5 heteroatoms. The monoisotopic (exact) mass is 428 g/mol. The second-order valence-electron chi connectivity index (χ2n) is 8.62. The summed E-state index contributed by atoms with van der Waals surface area (Å²) >= 11 is 6.21. The maximum absolute atomic E-state index is 12.6. The molecule has 1 saturated heterocycles. The number of carbonyl (C=O) groups excluding carboxylic acids is 1. The van der Waals surface area contributed by atoms with Crippen LogP contribution < -0.4 is 15.0 Å². The van der Waals surface area contributed by atoms with E-state index in [0.29, 0.717) is 5.75 Å². The molecule has 0 aromatic heterocycles. The zero-order valence-electron chi connectivity index (χ0n) is 18.7. The van der Waals surface area contributed by atoms with E-state index in [1.807, 2.05) is 32.9 Å². The Balaban J connectivity index is 1.57. The molecule has 0 unspecified atom stereocenters. The molecule has 1 heterocycles. The second kappa shape index (κ2) is 9.74. The lowest BCUT2D eigenvalue weighted by atomic mass is 9.98. The van der Waals surface area contributed by atoms with Crippen molar-refractivity contribution < 1.29 is 9.53 Å². The molecule has 1 aliphatic rings. The number of ether oxygens (including phenoxy) is 1. The number of nitrogens with one attached hydrogen (secondary N) is 1. The van der Waals surface area contributed by atoms with Gasteiger partial charge in [0.25, 0.3) is 5.91 Å². The third-order valence-electron chi connectivity index (χ3n) is 5.99. The number of rotatable bonds is 6. The third-order valence-corrected chi connectivity index (χ3v) is 6.59. The Morgan fingerprint density at radius 3 is 2.23 bits per heavy atom. The van der Waals surface area contributed by atoms with E-state index < -0.39 is 6.10 Å². The van der Waals surface area contributed by atoms with Crippen molar-refractivity contribution in [3.63, 3.8) is 0 Å². The van der Waals surface area contributed by atoms with Crippen LogP contribution in [0.25, 0.3) is 0 Å². The maximum atomic E-state index is 12.6. The van der Waals surface area contributed by atoms with Gasteiger partial charge in [-0.3, -0.25) is 4.79 Å². The van der Waals surface area contributed by atoms with Crippen LogP contribution >= 0.6 is 11.6 Å². The van der Waals surface area contributed by atoms with E-state index in [4.69, 9.17) is 16.3 Å². The summed E-state index contributed by atoms with van der Waals surface area (Å²) in [6, 6.07) is 12.2. The summed E-state index contributed by atoms with van der Waals surface area (Å²) in [4.78, 5) is 15.1. The molecular formula is C25H33ClN2O2. The molecule has 2 aromatic rings. The van der Waals surface area contributed by atoms with E-state index in [1.54, 1.807) is 6.92 Å². The molecule has 0 bridgehead atoms. The Bertz CT molecular complexity index is 850. The first-order valence-corrected chi connectivity index (χ1v) is 11.2. The summed E-state index contributed by atoms with van der Waals surface area (Å²) in [6.07, 6.45) is 1.90. The van der Waals surface area contributed by atoms with E-state index in [9.17, 15) is 4.79 Å². The Morgan fingerprint density at radius 2 is 1.67 bits per heavy atom.